The third kappa shape index (κ3) is 2.79. The van der Waals surface area contributed by atoms with Gasteiger partial charge in [-0.05, 0) is 31.9 Å². The minimum Gasteiger partial charge on any atom is -0.384 e. The van der Waals surface area contributed by atoms with Crippen LogP contribution in [0.5, 0.6) is 0 Å². The molecule has 5 nitrogen and oxygen atoms in total. The highest BCUT2D eigenvalue weighted by Gasteiger charge is 2.21. The second-order valence-electron chi connectivity index (χ2n) is 4.72. The van der Waals surface area contributed by atoms with Gasteiger partial charge in [-0.3, -0.25) is 5.41 Å². The minimum atomic E-state index is 0.0852. The van der Waals surface area contributed by atoms with Crippen LogP contribution in [0.1, 0.15) is 24.1 Å². The summed E-state index contributed by atoms with van der Waals surface area (Å²) < 4.78 is 5.41. The number of aromatic nitrogens is 1. The van der Waals surface area contributed by atoms with Crippen molar-refractivity contribution in [2.24, 2.45) is 5.73 Å². The number of methoxy groups -OCH3 is 1. The Kier molecular flexibility index (Phi) is 3.81. The van der Waals surface area contributed by atoms with Crippen molar-refractivity contribution >= 4 is 11.7 Å². The van der Waals surface area contributed by atoms with E-state index in [1.165, 1.54) is 0 Å². The van der Waals surface area contributed by atoms with Crippen LogP contribution in [0.2, 0.25) is 0 Å². The fourth-order valence-electron chi connectivity index (χ4n) is 2.31. The van der Waals surface area contributed by atoms with Crippen molar-refractivity contribution in [2.45, 2.75) is 25.9 Å². The first-order valence-corrected chi connectivity index (χ1v) is 6.21. The Morgan fingerprint density at radius 1 is 1.56 bits per heavy atom. The Bertz CT molecular complexity index is 447. The van der Waals surface area contributed by atoms with Crippen LogP contribution in [-0.4, -0.2) is 37.1 Å². The molecule has 3 N–H and O–H groups in total. The first-order chi connectivity index (χ1) is 8.60. The summed E-state index contributed by atoms with van der Waals surface area (Å²) in [5.74, 6) is 0.976. The molecule has 1 saturated heterocycles. The van der Waals surface area contributed by atoms with Gasteiger partial charge in [0.1, 0.15) is 11.7 Å². The van der Waals surface area contributed by atoms with Crippen molar-refractivity contribution in [3.05, 3.63) is 23.4 Å². The van der Waals surface area contributed by atoms with Gasteiger partial charge in [-0.25, -0.2) is 4.98 Å². The van der Waals surface area contributed by atoms with E-state index >= 15 is 0 Å². The van der Waals surface area contributed by atoms with Crippen molar-refractivity contribution in [1.82, 2.24) is 4.98 Å². The summed E-state index contributed by atoms with van der Waals surface area (Å²) in [6.45, 7) is 3.76. The smallest absolute Gasteiger partial charge is 0.129 e. The molecule has 0 spiro atoms. The van der Waals surface area contributed by atoms with E-state index in [4.69, 9.17) is 15.9 Å². The molecule has 1 aromatic heterocycles. The molecule has 0 amide bonds. The highest BCUT2D eigenvalue weighted by molar-refractivity contribution is 5.95. The number of aryl methyl sites for hydroxylation is 1. The molecule has 1 aliphatic heterocycles. The standard InChI is InChI=1S/C13H20N4O/c1-9-6-10(13(14)15)7-12(16-9)17-5-3-4-11(8-17)18-2/h6-7,11H,3-5,8H2,1-2H3,(H3,14,15). The number of anilines is 1. The van der Waals surface area contributed by atoms with E-state index < -0.39 is 0 Å². The molecule has 0 aromatic carbocycles. The number of rotatable bonds is 3. The fraction of sp³-hybridized carbons (Fsp3) is 0.538. The number of hydrogen-bond acceptors (Lipinski definition) is 4. The second kappa shape index (κ2) is 5.35. The van der Waals surface area contributed by atoms with E-state index in [1.54, 1.807) is 7.11 Å². The number of piperidine rings is 1. The summed E-state index contributed by atoms with van der Waals surface area (Å²) in [6.07, 6.45) is 2.46. The molecule has 18 heavy (non-hydrogen) atoms. The van der Waals surface area contributed by atoms with Crippen molar-refractivity contribution in [1.29, 1.82) is 5.41 Å². The minimum absolute atomic E-state index is 0.0852. The van der Waals surface area contributed by atoms with Gasteiger partial charge in [-0.1, -0.05) is 0 Å². The quantitative estimate of drug-likeness (QED) is 0.624. The molecule has 1 atom stereocenters. The van der Waals surface area contributed by atoms with Crippen LogP contribution in [0, 0.1) is 12.3 Å². The number of nitrogens with one attached hydrogen (secondary N) is 1. The zero-order chi connectivity index (χ0) is 13.1. The van der Waals surface area contributed by atoms with Gasteiger partial charge < -0.3 is 15.4 Å². The van der Waals surface area contributed by atoms with Crippen LogP contribution in [0.25, 0.3) is 0 Å². The van der Waals surface area contributed by atoms with Gasteiger partial charge in [0.15, 0.2) is 0 Å². The Hall–Kier alpha value is -1.62. The van der Waals surface area contributed by atoms with Crippen molar-refractivity contribution < 1.29 is 4.74 Å². The van der Waals surface area contributed by atoms with E-state index in [2.05, 4.69) is 9.88 Å². The number of pyridine rings is 1. The molecule has 0 saturated carbocycles. The van der Waals surface area contributed by atoms with Crippen LogP contribution < -0.4 is 10.6 Å². The molecule has 1 fully saturated rings. The Morgan fingerprint density at radius 3 is 3.00 bits per heavy atom. The lowest BCUT2D eigenvalue weighted by Gasteiger charge is -2.33. The normalized spacial score (nSPS) is 19.9. The first kappa shape index (κ1) is 12.8. The van der Waals surface area contributed by atoms with E-state index in [1.807, 2.05) is 19.1 Å². The molecule has 5 heteroatoms. The number of nitrogen functional groups attached to an aromatic ring is 1. The van der Waals surface area contributed by atoms with Crippen LogP contribution >= 0.6 is 0 Å². The predicted octanol–water partition coefficient (Wildman–Crippen LogP) is 1.29. The van der Waals surface area contributed by atoms with Gasteiger partial charge >= 0.3 is 0 Å². The Balaban J connectivity index is 2.24. The van der Waals surface area contributed by atoms with E-state index in [0.29, 0.717) is 0 Å². The Morgan fingerprint density at radius 2 is 2.33 bits per heavy atom. The summed E-state index contributed by atoms with van der Waals surface area (Å²) in [6, 6.07) is 3.72. The summed E-state index contributed by atoms with van der Waals surface area (Å²) in [5.41, 5.74) is 7.17. The number of ether oxygens (including phenoxy) is 1. The third-order valence-corrected chi connectivity index (χ3v) is 3.29. The topological polar surface area (TPSA) is 75.2 Å². The SMILES string of the molecule is COC1CCCN(c2cc(C(=N)N)cc(C)n2)C1. The van der Waals surface area contributed by atoms with Gasteiger partial charge in [0.2, 0.25) is 0 Å². The molecule has 2 heterocycles. The van der Waals surface area contributed by atoms with Gasteiger partial charge in [0.25, 0.3) is 0 Å². The maximum Gasteiger partial charge on any atom is 0.129 e. The van der Waals surface area contributed by atoms with E-state index in [0.717, 1.165) is 43.0 Å². The number of nitrogens with zero attached hydrogens (tertiary/aromatic N) is 2. The first-order valence-electron chi connectivity index (χ1n) is 6.21. The molecule has 1 aliphatic rings. The molecule has 0 bridgehead atoms. The molecule has 98 valence electrons. The number of amidine groups is 1. The van der Waals surface area contributed by atoms with Gasteiger partial charge in [-0.15, -0.1) is 0 Å². The average Bonchev–Trinajstić information content (AvgIpc) is 2.38. The van der Waals surface area contributed by atoms with E-state index in [-0.39, 0.29) is 11.9 Å². The largest absolute Gasteiger partial charge is 0.384 e. The Labute approximate surface area is 107 Å². The summed E-state index contributed by atoms with van der Waals surface area (Å²) in [4.78, 5) is 6.73. The molecule has 2 rings (SSSR count). The van der Waals surface area contributed by atoms with Crippen LogP contribution in [-0.2, 0) is 4.74 Å². The maximum atomic E-state index is 7.53. The molecule has 1 unspecified atom stereocenters. The van der Waals surface area contributed by atoms with Crippen LogP contribution in [0.3, 0.4) is 0 Å². The summed E-state index contributed by atoms with van der Waals surface area (Å²) in [7, 11) is 1.75. The monoisotopic (exact) mass is 248 g/mol. The average molecular weight is 248 g/mol. The lowest BCUT2D eigenvalue weighted by atomic mass is 10.1. The zero-order valence-electron chi connectivity index (χ0n) is 10.9. The van der Waals surface area contributed by atoms with Gasteiger partial charge in [0, 0.05) is 31.5 Å². The van der Waals surface area contributed by atoms with Crippen molar-refractivity contribution in [3.8, 4) is 0 Å². The van der Waals surface area contributed by atoms with Crippen LogP contribution in [0.15, 0.2) is 12.1 Å². The fourth-order valence-corrected chi connectivity index (χ4v) is 2.31. The summed E-state index contributed by atoms with van der Waals surface area (Å²) in [5, 5.41) is 7.53. The zero-order valence-corrected chi connectivity index (χ0v) is 10.9. The maximum absolute atomic E-state index is 7.53. The number of hydrogen-bond donors (Lipinski definition) is 2. The highest BCUT2D eigenvalue weighted by atomic mass is 16.5. The summed E-state index contributed by atoms with van der Waals surface area (Å²) >= 11 is 0. The van der Waals surface area contributed by atoms with Crippen molar-refractivity contribution in [3.63, 3.8) is 0 Å². The van der Waals surface area contributed by atoms with Gasteiger partial charge in [-0.2, -0.15) is 0 Å². The third-order valence-electron chi connectivity index (χ3n) is 3.29. The molecular formula is C13H20N4O. The van der Waals surface area contributed by atoms with Gasteiger partial charge in [0.05, 0.1) is 6.10 Å². The lowest BCUT2D eigenvalue weighted by molar-refractivity contribution is 0.0891. The van der Waals surface area contributed by atoms with E-state index in [9.17, 15) is 0 Å². The second-order valence-corrected chi connectivity index (χ2v) is 4.72. The molecule has 0 aliphatic carbocycles. The number of nitrogens with two attached hydrogens (primary N) is 1. The lowest BCUT2D eigenvalue weighted by Crippen LogP contribution is -2.39. The highest BCUT2D eigenvalue weighted by Crippen LogP contribution is 2.21. The van der Waals surface area contributed by atoms with Crippen molar-refractivity contribution in [2.75, 3.05) is 25.1 Å². The van der Waals surface area contributed by atoms with Crippen LogP contribution in [0.4, 0.5) is 5.82 Å². The predicted molar refractivity (Wildman–Crippen MR) is 72.2 cm³/mol. The molecule has 0 radical (unpaired) electrons. The molecular weight excluding hydrogens is 228 g/mol. The molecule has 1 aromatic rings.